The summed E-state index contributed by atoms with van der Waals surface area (Å²) < 4.78 is 0. The lowest BCUT2D eigenvalue weighted by molar-refractivity contribution is -0.138. The molecule has 0 aliphatic carbocycles. The summed E-state index contributed by atoms with van der Waals surface area (Å²) in [6.07, 6.45) is 0.915. The Morgan fingerprint density at radius 2 is 1.52 bits per heavy atom. The number of nitrogens with one attached hydrogen (secondary N) is 5. The number of hydrogen-bond acceptors (Lipinski definition) is 6. The van der Waals surface area contributed by atoms with Crippen molar-refractivity contribution in [3.63, 3.8) is 0 Å². The molecule has 0 aliphatic heterocycles. The summed E-state index contributed by atoms with van der Waals surface area (Å²) >= 11 is 0. The quantitative estimate of drug-likeness (QED) is 0.0891. The molecule has 0 bridgehead atoms. The highest BCUT2D eigenvalue weighted by Gasteiger charge is 2.29. The van der Waals surface area contributed by atoms with Crippen LogP contribution in [0.1, 0.15) is 47.0 Å². The lowest BCUT2D eigenvalue weighted by Gasteiger charge is -2.25. The Labute approximate surface area is 182 Å². The van der Waals surface area contributed by atoms with Gasteiger partial charge < -0.3 is 37.8 Å². The molecule has 0 saturated carbocycles. The van der Waals surface area contributed by atoms with E-state index in [1.165, 1.54) is 0 Å². The third-order valence-electron chi connectivity index (χ3n) is 4.39. The lowest BCUT2D eigenvalue weighted by atomic mass is 10.0. The summed E-state index contributed by atoms with van der Waals surface area (Å²) in [5, 5.41) is 26.0. The number of guanidine groups is 1. The van der Waals surface area contributed by atoms with Crippen LogP contribution in [0.3, 0.4) is 0 Å². The zero-order valence-corrected chi connectivity index (χ0v) is 18.7. The number of carbonyl (C=O) groups excluding carboxylic acids is 3. The van der Waals surface area contributed by atoms with Gasteiger partial charge in [0.25, 0.3) is 0 Å². The fourth-order valence-electron chi connectivity index (χ4n) is 2.63. The SMILES string of the molecule is CC(C)C[C@H](NC(=O)[C@H](CCCNC(=N)N)NC(=O)[C@@H](N)C(C)C)C(=O)NCC(=O)O. The molecule has 12 nitrogen and oxygen atoms in total. The molecular weight excluding hydrogens is 406 g/mol. The van der Waals surface area contributed by atoms with Crippen LogP contribution >= 0.6 is 0 Å². The van der Waals surface area contributed by atoms with Gasteiger partial charge >= 0.3 is 5.97 Å². The largest absolute Gasteiger partial charge is 0.480 e. The molecule has 0 aromatic rings. The predicted octanol–water partition coefficient (Wildman–Crippen LogP) is -1.55. The van der Waals surface area contributed by atoms with Crippen LogP contribution in [-0.4, -0.2) is 66.0 Å². The molecule has 12 heteroatoms. The summed E-state index contributed by atoms with van der Waals surface area (Å²) in [6.45, 7) is 7.03. The Morgan fingerprint density at radius 3 is 2.00 bits per heavy atom. The molecule has 0 spiro atoms. The van der Waals surface area contributed by atoms with Crippen molar-refractivity contribution < 1.29 is 24.3 Å². The summed E-state index contributed by atoms with van der Waals surface area (Å²) in [5.74, 6) is -3.20. The first-order valence-corrected chi connectivity index (χ1v) is 10.3. The first kappa shape index (κ1) is 28.1. The van der Waals surface area contributed by atoms with E-state index < -0.39 is 48.4 Å². The molecule has 10 N–H and O–H groups in total. The number of carbonyl (C=O) groups is 4. The molecule has 178 valence electrons. The molecule has 3 atom stereocenters. The maximum Gasteiger partial charge on any atom is 0.322 e. The maximum absolute atomic E-state index is 12.9. The zero-order chi connectivity index (χ0) is 24.1. The molecule has 0 aromatic carbocycles. The fourth-order valence-corrected chi connectivity index (χ4v) is 2.63. The van der Waals surface area contributed by atoms with Crippen LogP contribution < -0.4 is 32.7 Å². The summed E-state index contributed by atoms with van der Waals surface area (Å²) in [6, 6.07) is -2.73. The zero-order valence-electron chi connectivity index (χ0n) is 18.7. The molecular formula is C19H37N7O5. The van der Waals surface area contributed by atoms with Gasteiger partial charge in [0.2, 0.25) is 17.7 Å². The number of hydrogen-bond donors (Lipinski definition) is 8. The van der Waals surface area contributed by atoms with Crippen LogP contribution in [0.25, 0.3) is 0 Å². The van der Waals surface area contributed by atoms with Gasteiger partial charge in [0.05, 0.1) is 6.04 Å². The molecule has 0 rings (SSSR count). The molecule has 0 aromatic heterocycles. The highest BCUT2D eigenvalue weighted by Crippen LogP contribution is 2.07. The van der Waals surface area contributed by atoms with Gasteiger partial charge in [-0.3, -0.25) is 24.6 Å². The van der Waals surface area contributed by atoms with Crippen molar-refractivity contribution in [2.45, 2.75) is 65.1 Å². The van der Waals surface area contributed by atoms with Gasteiger partial charge in [-0.2, -0.15) is 0 Å². The minimum atomic E-state index is -1.20. The predicted molar refractivity (Wildman–Crippen MR) is 116 cm³/mol. The van der Waals surface area contributed by atoms with Gasteiger partial charge in [-0.1, -0.05) is 27.7 Å². The van der Waals surface area contributed by atoms with Gasteiger partial charge in [0, 0.05) is 6.54 Å². The molecule has 0 fully saturated rings. The van der Waals surface area contributed by atoms with Crippen LogP contribution in [0.4, 0.5) is 0 Å². The summed E-state index contributed by atoms with van der Waals surface area (Å²) in [7, 11) is 0. The minimum Gasteiger partial charge on any atom is -0.480 e. The number of nitrogens with two attached hydrogens (primary N) is 2. The van der Waals surface area contributed by atoms with Crippen molar-refractivity contribution >= 4 is 29.7 Å². The lowest BCUT2D eigenvalue weighted by Crippen LogP contribution is -2.57. The molecule has 0 saturated heterocycles. The molecule has 0 radical (unpaired) electrons. The number of aliphatic carboxylic acids is 1. The highest BCUT2D eigenvalue weighted by molar-refractivity contribution is 5.93. The van der Waals surface area contributed by atoms with E-state index in [1.54, 1.807) is 13.8 Å². The normalized spacial score (nSPS) is 13.8. The van der Waals surface area contributed by atoms with E-state index in [2.05, 4.69) is 21.3 Å². The third kappa shape index (κ3) is 12.4. The van der Waals surface area contributed by atoms with E-state index in [-0.39, 0.29) is 30.6 Å². The Kier molecular flexibility index (Phi) is 12.9. The first-order valence-electron chi connectivity index (χ1n) is 10.3. The van der Waals surface area contributed by atoms with Gasteiger partial charge in [-0.05, 0) is 31.1 Å². The molecule has 0 aliphatic rings. The highest BCUT2D eigenvalue weighted by atomic mass is 16.4. The Hall–Kier alpha value is -2.89. The van der Waals surface area contributed by atoms with E-state index in [4.69, 9.17) is 22.0 Å². The Morgan fingerprint density at radius 1 is 0.935 bits per heavy atom. The van der Waals surface area contributed by atoms with Crippen molar-refractivity contribution in [1.29, 1.82) is 5.41 Å². The van der Waals surface area contributed by atoms with E-state index in [0.29, 0.717) is 13.0 Å². The van der Waals surface area contributed by atoms with Gasteiger partial charge in [-0.25, -0.2) is 0 Å². The number of amides is 3. The number of carboxylic acids is 1. The molecule has 0 heterocycles. The van der Waals surface area contributed by atoms with Gasteiger partial charge in [-0.15, -0.1) is 0 Å². The van der Waals surface area contributed by atoms with Crippen molar-refractivity contribution in [3.05, 3.63) is 0 Å². The number of carboxylic acid groups (broad SMARTS) is 1. The Bertz CT molecular complexity index is 639. The average Bonchev–Trinajstić information content (AvgIpc) is 2.66. The number of rotatable bonds is 14. The summed E-state index contributed by atoms with van der Waals surface area (Å²) in [4.78, 5) is 48.3. The molecule has 0 unspecified atom stereocenters. The third-order valence-corrected chi connectivity index (χ3v) is 4.39. The standard InChI is InChI=1S/C19H37N7O5/c1-10(2)8-13(16(29)24-9-14(27)28)26-17(30)12(6-5-7-23-19(21)22)25-18(31)15(20)11(3)4/h10-13,15H,5-9,20H2,1-4H3,(H,24,29)(H,25,31)(H,26,30)(H,27,28)(H4,21,22,23)/t12-,13-,15-/m0/s1. The van der Waals surface area contributed by atoms with Gasteiger partial charge in [0.1, 0.15) is 18.6 Å². The van der Waals surface area contributed by atoms with Crippen molar-refractivity contribution in [1.82, 2.24) is 21.3 Å². The van der Waals surface area contributed by atoms with E-state index in [0.717, 1.165) is 0 Å². The summed E-state index contributed by atoms with van der Waals surface area (Å²) in [5.41, 5.74) is 11.1. The van der Waals surface area contributed by atoms with Crippen LogP contribution in [0.15, 0.2) is 0 Å². The van der Waals surface area contributed by atoms with Gasteiger partial charge in [0.15, 0.2) is 5.96 Å². The minimum absolute atomic E-state index is 0.0445. The average molecular weight is 444 g/mol. The monoisotopic (exact) mass is 443 g/mol. The smallest absolute Gasteiger partial charge is 0.322 e. The topological polar surface area (TPSA) is 213 Å². The molecule has 31 heavy (non-hydrogen) atoms. The second-order valence-corrected chi connectivity index (χ2v) is 8.12. The van der Waals surface area contributed by atoms with Crippen LogP contribution in [0.2, 0.25) is 0 Å². The van der Waals surface area contributed by atoms with Crippen LogP contribution in [-0.2, 0) is 19.2 Å². The van der Waals surface area contributed by atoms with E-state index in [1.807, 2.05) is 13.8 Å². The fraction of sp³-hybridized carbons (Fsp3) is 0.737. The Balaban J connectivity index is 5.30. The van der Waals surface area contributed by atoms with Crippen LogP contribution in [0, 0.1) is 17.2 Å². The van der Waals surface area contributed by atoms with Crippen molar-refractivity contribution in [3.8, 4) is 0 Å². The van der Waals surface area contributed by atoms with Crippen molar-refractivity contribution in [2.75, 3.05) is 13.1 Å². The second kappa shape index (κ2) is 14.2. The first-order chi connectivity index (χ1) is 14.3. The van der Waals surface area contributed by atoms with E-state index in [9.17, 15) is 19.2 Å². The van der Waals surface area contributed by atoms with Crippen molar-refractivity contribution in [2.24, 2.45) is 23.3 Å². The second-order valence-electron chi connectivity index (χ2n) is 8.12. The maximum atomic E-state index is 12.9. The van der Waals surface area contributed by atoms with E-state index >= 15 is 0 Å². The van der Waals surface area contributed by atoms with Crippen LogP contribution in [0.5, 0.6) is 0 Å². The molecule has 3 amide bonds.